The first kappa shape index (κ1) is 17.0. The first-order valence-corrected chi connectivity index (χ1v) is 8.32. The zero-order valence-corrected chi connectivity index (χ0v) is 14.5. The molecule has 0 amide bonds. The second-order valence-corrected chi connectivity index (χ2v) is 7.29. The van der Waals surface area contributed by atoms with Crippen LogP contribution in [0, 0.1) is 5.92 Å². The highest BCUT2D eigenvalue weighted by atomic mass is 16.6. The van der Waals surface area contributed by atoms with Crippen LogP contribution >= 0.6 is 0 Å². The van der Waals surface area contributed by atoms with Gasteiger partial charge in [0.15, 0.2) is 0 Å². The van der Waals surface area contributed by atoms with E-state index in [9.17, 15) is 9.59 Å². The molecule has 3 aliphatic rings. The fourth-order valence-corrected chi connectivity index (χ4v) is 3.65. The molecule has 0 aromatic carbocycles. The summed E-state index contributed by atoms with van der Waals surface area (Å²) in [6, 6.07) is 0. The molecule has 2 heterocycles. The molecule has 3 rings (SSSR count). The molecule has 0 aromatic heterocycles. The van der Waals surface area contributed by atoms with Crippen LogP contribution in [0.15, 0.2) is 36.0 Å². The maximum atomic E-state index is 12.1. The summed E-state index contributed by atoms with van der Waals surface area (Å²) >= 11 is 0. The summed E-state index contributed by atoms with van der Waals surface area (Å²) < 4.78 is 17.1. The van der Waals surface area contributed by atoms with Crippen LogP contribution in [0.4, 0.5) is 0 Å². The lowest BCUT2D eigenvalue weighted by molar-refractivity contribution is -0.148. The number of carbonyl (C=O) groups excluding carboxylic acids is 2. The van der Waals surface area contributed by atoms with Crippen molar-refractivity contribution >= 4 is 11.9 Å². The molecule has 5 heteroatoms. The van der Waals surface area contributed by atoms with E-state index in [4.69, 9.17) is 14.2 Å². The van der Waals surface area contributed by atoms with Gasteiger partial charge < -0.3 is 14.2 Å². The number of rotatable bonds is 2. The average Bonchev–Trinajstić information content (AvgIpc) is 3.07. The van der Waals surface area contributed by atoms with Gasteiger partial charge in [0.05, 0.1) is 11.5 Å². The van der Waals surface area contributed by atoms with E-state index in [1.54, 1.807) is 6.92 Å². The van der Waals surface area contributed by atoms with Crippen LogP contribution in [0.2, 0.25) is 0 Å². The molecule has 0 bridgehead atoms. The Bertz CT molecular complexity index is 646. The average molecular weight is 332 g/mol. The largest absolute Gasteiger partial charge is 0.458 e. The van der Waals surface area contributed by atoms with Crippen LogP contribution < -0.4 is 0 Å². The lowest BCUT2D eigenvalue weighted by Gasteiger charge is -2.28. The van der Waals surface area contributed by atoms with Gasteiger partial charge in [-0.05, 0) is 33.6 Å². The van der Waals surface area contributed by atoms with E-state index in [0.29, 0.717) is 17.6 Å². The third-order valence-electron chi connectivity index (χ3n) is 5.16. The molecule has 24 heavy (non-hydrogen) atoms. The van der Waals surface area contributed by atoms with E-state index in [-0.39, 0.29) is 11.7 Å². The first-order chi connectivity index (χ1) is 11.2. The Morgan fingerprint density at radius 2 is 2.17 bits per heavy atom. The summed E-state index contributed by atoms with van der Waals surface area (Å²) in [7, 11) is 0. The Morgan fingerprint density at radius 3 is 2.83 bits per heavy atom. The summed E-state index contributed by atoms with van der Waals surface area (Å²) in [6.45, 7) is 13.2. The minimum atomic E-state index is -0.513. The molecule has 5 atom stereocenters. The van der Waals surface area contributed by atoms with E-state index in [1.165, 1.54) is 0 Å². The van der Waals surface area contributed by atoms with Crippen LogP contribution in [-0.2, 0) is 23.8 Å². The van der Waals surface area contributed by atoms with Crippen molar-refractivity contribution in [2.45, 2.75) is 63.9 Å². The molecule has 0 aromatic rings. The van der Waals surface area contributed by atoms with Gasteiger partial charge in [0.25, 0.3) is 0 Å². The number of hydrogen-bond acceptors (Lipinski definition) is 5. The molecule has 130 valence electrons. The number of esters is 2. The van der Waals surface area contributed by atoms with Crippen LogP contribution in [0.5, 0.6) is 0 Å². The van der Waals surface area contributed by atoms with E-state index >= 15 is 0 Å². The Hall–Kier alpha value is -1.88. The Labute approximate surface area is 142 Å². The SMILES string of the molecule is C=C(C)C(=O)O[C@H]1C/C(C)=C/CC[C@]2(C)O[C@@H]2[C@@H]2OC(=O)C(=C)[C@@H]21. The van der Waals surface area contributed by atoms with E-state index < -0.39 is 30.1 Å². The van der Waals surface area contributed by atoms with Gasteiger partial charge in [-0.1, -0.05) is 24.8 Å². The molecule has 2 saturated heterocycles. The summed E-state index contributed by atoms with van der Waals surface area (Å²) in [5.74, 6) is -1.29. The molecule has 5 nitrogen and oxygen atoms in total. The first-order valence-electron chi connectivity index (χ1n) is 8.32. The maximum absolute atomic E-state index is 12.1. The van der Waals surface area contributed by atoms with Crippen molar-refractivity contribution in [1.29, 1.82) is 0 Å². The van der Waals surface area contributed by atoms with Crippen LogP contribution in [0.1, 0.15) is 40.0 Å². The Balaban J connectivity index is 1.95. The van der Waals surface area contributed by atoms with E-state index in [0.717, 1.165) is 18.4 Å². The molecule has 2 aliphatic heterocycles. The Kier molecular flexibility index (Phi) is 4.16. The van der Waals surface area contributed by atoms with Crippen LogP contribution in [0.25, 0.3) is 0 Å². The van der Waals surface area contributed by atoms with Gasteiger partial charge in [-0.15, -0.1) is 0 Å². The fourth-order valence-electron chi connectivity index (χ4n) is 3.65. The lowest BCUT2D eigenvalue weighted by Crippen LogP contribution is -2.38. The topological polar surface area (TPSA) is 65.1 Å². The van der Waals surface area contributed by atoms with Crippen molar-refractivity contribution in [3.8, 4) is 0 Å². The molecule has 0 N–H and O–H groups in total. The second-order valence-electron chi connectivity index (χ2n) is 7.29. The summed E-state index contributed by atoms with van der Waals surface area (Å²) in [5, 5.41) is 0. The molecular weight excluding hydrogens is 308 g/mol. The van der Waals surface area contributed by atoms with Crippen molar-refractivity contribution in [3.63, 3.8) is 0 Å². The minimum Gasteiger partial charge on any atom is -0.458 e. The zero-order valence-electron chi connectivity index (χ0n) is 14.5. The maximum Gasteiger partial charge on any atom is 0.334 e. The predicted octanol–water partition coefficient (Wildman–Crippen LogP) is 2.86. The number of carbonyl (C=O) groups is 2. The highest BCUT2D eigenvalue weighted by Crippen LogP contribution is 2.50. The third kappa shape index (κ3) is 2.93. The number of ether oxygens (including phenoxy) is 3. The smallest absolute Gasteiger partial charge is 0.334 e. The van der Waals surface area contributed by atoms with Crippen LogP contribution in [0.3, 0.4) is 0 Å². The quantitative estimate of drug-likeness (QED) is 0.337. The second kappa shape index (κ2) is 5.88. The van der Waals surface area contributed by atoms with Gasteiger partial charge in [0.1, 0.15) is 18.3 Å². The lowest BCUT2D eigenvalue weighted by atomic mass is 9.82. The van der Waals surface area contributed by atoms with Gasteiger partial charge in [-0.25, -0.2) is 9.59 Å². The summed E-state index contributed by atoms with van der Waals surface area (Å²) in [4.78, 5) is 24.2. The van der Waals surface area contributed by atoms with Crippen LogP contribution in [-0.4, -0.2) is 35.9 Å². The summed E-state index contributed by atoms with van der Waals surface area (Å²) in [6.07, 6.45) is 3.30. The van der Waals surface area contributed by atoms with Gasteiger partial charge in [-0.3, -0.25) is 0 Å². The van der Waals surface area contributed by atoms with Gasteiger partial charge >= 0.3 is 11.9 Å². The fraction of sp³-hybridized carbons (Fsp3) is 0.579. The highest BCUT2D eigenvalue weighted by Gasteiger charge is 2.63. The molecule has 0 spiro atoms. The van der Waals surface area contributed by atoms with E-state index in [1.807, 2.05) is 13.8 Å². The number of allylic oxidation sites excluding steroid dienone is 1. The number of epoxide rings is 1. The van der Waals surface area contributed by atoms with E-state index in [2.05, 4.69) is 19.2 Å². The summed E-state index contributed by atoms with van der Waals surface area (Å²) in [5.41, 5.74) is 1.49. The van der Waals surface area contributed by atoms with Gasteiger partial charge in [0, 0.05) is 17.6 Å². The van der Waals surface area contributed by atoms with Crippen molar-refractivity contribution < 1.29 is 23.8 Å². The predicted molar refractivity (Wildman–Crippen MR) is 88.1 cm³/mol. The molecular formula is C19H24O5. The molecule has 0 radical (unpaired) electrons. The molecule has 0 unspecified atom stereocenters. The van der Waals surface area contributed by atoms with Crippen molar-refractivity contribution in [2.24, 2.45) is 5.92 Å². The van der Waals surface area contributed by atoms with Gasteiger partial charge in [-0.2, -0.15) is 0 Å². The zero-order chi connectivity index (χ0) is 17.6. The normalized spacial score (nSPS) is 40.5. The molecule has 0 saturated carbocycles. The van der Waals surface area contributed by atoms with Crippen molar-refractivity contribution in [2.75, 3.05) is 0 Å². The highest BCUT2D eigenvalue weighted by molar-refractivity contribution is 5.91. The number of hydrogen-bond donors (Lipinski definition) is 0. The monoisotopic (exact) mass is 332 g/mol. The van der Waals surface area contributed by atoms with Gasteiger partial charge in [0.2, 0.25) is 0 Å². The molecule has 1 aliphatic carbocycles. The van der Waals surface area contributed by atoms with Crippen molar-refractivity contribution in [1.82, 2.24) is 0 Å². The minimum absolute atomic E-state index is 0.177. The Morgan fingerprint density at radius 1 is 1.46 bits per heavy atom. The third-order valence-corrected chi connectivity index (χ3v) is 5.16. The number of fused-ring (bicyclic) bond motifs is 3. The standard InChI is InChI=1S/C19H24O5/c1-10(2)17(20)22-13-9-11(3)7-6-8-19(5)16(24-19)15-14(13)12(4)18(21)23-15/h7,13-16H,1,4,6,8-9H2,2-3,5H3/b11-7+/t13-,14+,15+,16+,19-/m0/s1. The van der Waals surface area contributed by atoms with Crippen molar-refractivity contribution in [3.05, 3.63) is 36.0 Å². The molecule has 2 fully saturated rings.